The van der Waals surface area contributed by atoms with Gasteiger partial charge in [0.1, 0.15) is 0 Å². The van der Waals surface area contributed by atoms with Gasteiger partial charge < -0.3 is 15.5 Å². The number of nitrogens with zero attached hydrogens (tertiary/aromatic N) is 1. The van der Waals surface area contributed by atoms with Gasteiger partial charge >= 0.3 is 11.8 Å². The van der Waals surface area contributed by atoms with E-state index in [2.05, 4.69) is 10.4 Å². The molecule has 100 valence electrons. The van der Waals surface area contributed by atoms with Crippen molar-refractivity contribution in [2.24, 2.45) is 5.10 Å². The monoisotopic (exact) mass is 263 g/mol. The smallest absolute Gasteiger partial charge is 0.329 e. The Kier molecular flexibility index (Phi) is 3.65. The summed E-state index contributed by atoms with van der Waals surface area (Å²) < 4.78 is 0. The number of phenols is 2. The molecule has 0 unspecified atom stereocenters. The van der Waals surface area contributed by atoms with Crippen LogP contribution in [0.25, 0.3) is 0 Å². The molecular weight excluding hydrogens is 250 g/mol. The number of rotatable bonds is 3. The third kappa shape index (κ3) is 3.44. The molecule has 0 saturated heterocycles. The van der Waals surface area contributed by atoms with Crippen molar-refractivity contribution in [2.75, 3.05) is 0 Å². The summed E-state index contributed by atoms with van der Waals surface area (Å²) in [5.41, 5.74) is 2.26. The Bertz CT molecular complexity index is 538. The van der Waals surface area contributed by atoms with Gasteiger partial charge in [-0.05, 0) is 25.0 Å². The summed E-state index contributed by atoms with van der Waals surface area (Å²) >= 11 is 0. The van der Waals surface area contributed by atoms with Crippen molar-refractivity contribution < 1.29 is 19.8 Å². The fraction of sp³-hybridized carbons (Fsp3) is 0.250. The molecule has 7 nitrogen and oxygen atoms in total. The SMILES string of the molecule is O=C(N/N=C/c1cccc(O)c1O)C(=O)NC1CC1. The zero-order valence-electron chi connectivity index (χ0n) is 9.96. The number of phenolic OH excluding ortho intramolecular Hbond substituents is 2. The van der Waals surface area contributed by atoms with Crippen molar-refractivity contribution in [1.29, 1.82) is 0 Å². The molecule has 7 heteroatoms. The Hall–Kier alpha value is -2.57. The van der Waals surface area contributed by atoms with E-state index >= 15 is 0 Å². The number of nitrogens with one attached hydrogen (secondary N) is 2. The summed E-state index contributed by atoms with van der Waals surface area (Å²) in [5, 5.41) is 24.8. The zero-order valence-corrected chi connectivity index (χ0v) is 9.96. The highest BCUT2D eigenvalue weighted by atomic mass is 16.3. The number of aromatic hydroxyl groups is 2. The van der Waals surface area contributed by atoms with E-state index in [0.717, 1.165) is 19.1 Å². The highest BCUT2D eigenvalue weighted by Crippen LogP contribution is 2.26. The third-order valence-corrected chi connectivity index (χ3v) is 2.53. The topological polar surface area (TPSA) is 111 Å². The van der Waals surface area contributed by atoms with E-state index in [1.807, 2.05) is 5.43 Å². The Morgan fingerprint density at radius 2 is 2.00 bits per heavy atom. The maximum Gasteiger partial charge on any atom is 0.329 e. The van der Waals surface area contributed by atoms with E-state index in [0.29, 0.717) is 0 Å². The molecule has 0 radical (unpaired) electrons. The van der Waals surface area contributed by atoms with Crippen molar-refractivity contribution in [2.45, 2.75) is 18.9 Å². The van der Waals surface area contributed by atoms with E-state index < -0.39 is 11.8 Å². The second-order valence-corrected chi connectivity index (χ2v) is 4.16. The maximum atomic E-state index is 11.3. The number of benzene rings is 1. The van der Waals surface area contributed by atoms with E-state index in [-0.39, 0.29) is 23.1 Å². The van der Waals surface area contributed by atoms with Gasteiger partial charge in [0.15, 0.2) is 11.5 Å². The summed E-state index contributed by atoms with van der Waals surface area (Å²) in [7, 11) is 0. The summed E-state index contributed by atoms with van der Waals surface area (Å²) in [6, 6.07) is 4.42. The fourth-order valence-electron chi connectivity index (χ4n) is 1.34. The van der Waals surface area contributed by atoms with Crippen LogP contribution in [0.1, 0.15) is 18.4 Å². The number of para-hydroxylation sites is 1. The number of carbonyl (C=O) groups excluding carboxylic acids is 2. The molecule has 0 aromatic heterocycles. The summed E-state index contributed by atoms with van der Waals surface area (Å²) in [5.74, 6) is -2.24. The lowest BCUT2D eigenvalue weighted by Crippen LogP contribution is -2.38. The average molecular weight is 263 g/mol. The van der Waals surface area contributed by atoms with Crippen molar-refractivity contribution in [3.63, 3.8) is 0 Å². The molecule has 0 heterocycles. The minimum absolute atomic E-state index is 0.0948. The van der Waals surface area contributed by atoms with Crippen LogP contribution >= 0.6 is 0 Å². The standard InChI is InChI=1S/C12H13N3O4/c16-9-3-1-2-7(10(9)17)6-13-15-12(19)11(18)14-8-4-5-8/h1-3,6,8,16-17H,4-5H2,(H,14,18)(H,15,19)/b13-6+. The Morgan fingerprint density at radius 3 is 2.68 bits per heavy atom. The molecule has 1 aliphatic carbocycles. The van der Waals surface area contributed by atoms with Crippen LogP contribution in [-0.4, -0.2) is 34.3 Å². The minimum atomic E-state index is -0.872. The first kappa shape index (κ1) is 12.9. The Balaban J connectivity index is 1.90. The van der Waals surface area contributed by atoms with Gasteiger partial charge in [-0.15, -0.1) is 0 Å². The summed E-state index contributed by atoms with van der Waals surface area (Å²) in [4.78, 5) is 22.6. The van der Waals surface area contributed by atoms with Gasteiger partial charge in [-0.3, -0.25) is 9.59 Å². The van der Waals surface area contributed by atoms with Gasteiger partial charge in [0.2, 0.25) is 0 Å². The first-order valence-electron chi connectivity index (χ1n) is 5.73. The average Bonchev–Trinajstić information content (AvgIpc) is 3.18. The molecule has 1 saturated carbocycles. The summed E-state index contributed by atoms with van der Waals surface area (Å²) in [6.07, 6.45) is 2.91. The fourth-order valence-corrected chi connectivity index (χ4v) is 1.34. The van der Waals surface area contributed by atoms with Crippen LogP contribution in [-0.2, 0) is 9.59 Å². The summed E-state index contributed by atoms with van der Waals surface area (Å²) in [6.45, 7) is 0. The van der Waals surface area contributed by atoms with Gasteiger partial charge in [0.25, 0.3) is 0 Å². The molecule has 1 aromatic rings. The van der Waals surface area contributed by atoms with Crippen molar-refractivity contribution >= 4 is 18.0 Å². The van der Waals surface area contributed by atoms with Crippen LogP contribution < -0.4 is 10.7 Å². The van der Waals surface area contributed by atoms with Crippen LogP contribution in [0.2, 0.25) is 0 Å². The van der Waals surface area contributed by atoms with Crippen LogP contribution in [0, 0.1) is 0 Å². The van der Waals surface area contributed by atoms with Gasteiger partial charge in [-0.25, -0.2) is 5.43 Å². The minimum Gasteiger partial charge on any atom is -0.504 e. The molecule has 0 atom stereocenters. The van der Waals surface area contributed by atoms with Crippen LogP contribution in [0.4, 0.5) is 0 Å². The van der Waals surface area contributed by atoms with Gasteiger partial charge in [0.05, 0.1) is 6.21 Å². The van der Waals surface area contributed by atoms with Gasteiger partial charge in [-0.2, -0.15) is 5.10 Å². The Labute approximate surface area is 108 Å². The molecule has 0 bridgehead atoms. The highest BCUT2D eigenvalue weighted by Gasteiger charge is 2.26. The number of carbonyl (C=O) groups is 2. The largest absolute Gasteiger partial charge is 0.504 e. The first-order chi connectivity index (χ1) is 9.08. The highest BCUT2D eigenvalue weighted by molar-refractivity contribution is 6.35. The van der Waals surface area contributed by atoms with E-state index in [1.165, 1.54) is 18.2 Å². The molecule has 1 fully saturated rings. The number of amides is 2. The quantitative estimate of drug-likeness (QED) is 0.262. The van der Waals surface area contributed by atoms with Crippen molar-refractivity contribution in [3.05, 3.63) is 23.8 Å². The lowest BCUT2D eigenvalue weighted by molar-refractivity contribution is -0.139. The van der Waals surface area contributed by atoms with E-state index in [9.17, 15) is 19.8 Å². The second-order valence-electron chi connectivity index (χ2n) is 4.16. The first-order valence-corrected chi connectivity index (χ1v) is 5.73. The van der Waals surface area contributed by atoms with Crippen LogP contribution in [0.5, 0.6) is 11.5 Å². The second kappa shape index (κ2) is 5.38. The van der Waals surface area contributed by atoms with Gasteiger partial charge in [-0.1, -0.05) is 6.07 Å². The normalized spacial score (nSPS) is 14.3. The van der Waals surface area contributed by atoms with Crippen molar-refractivity contribution in [1.82, 2.24) is 10.7 Å². The lowest BCUT2D eigenvalue weighted by atomic mass is 10.2. The maximum absolute atomic E-state index is 11.3. The molecule has 19 heavy (non-hydrogen) atoms. The van der Waals surface area contributed by atoms with E-state index in [4.69, 9.17) is 0 Å². The number of hydrazone groups is 1. The molecule has 1 aromatic carbocycles. The molecule has 0 spiro atoms. The third-order valence-electron chi connectivity index (χ3n) is 2.53. The number of hydrogen-bond donors (Lipinski definition) is 4. The molecular formula is C12H13N3O4. The lowest BCUT2D eigenvalue weighted by Gasteiger charge is -2.02. The molecule has 1 aliphatic rings. The van der Waals surface area contributed by atoms with Crippen LogP contribution in [0.3, 0.4) is 0 Å². The molecule has 2 rings (SSSR count). The van der Waals surface area contributed by atoms with Crippen molar-refractivity contribution in [3.8, 4) is 11.5 Å². The predicted octanol–water partition coefficient (Wildman–Crippen LogP) is -0.174. The molecule has 4 N–H and O–H groups in total. The molecule has 0 aliphatic heterocycles. The Morgan fingerprint density at radius 1 is 1.26 bits per heavy atom. The van der Waals surface area contributed by atoms with Gasteiger partial charge in [0, 0.05) is 11.6 Å². The zero-order chi connectivity index (χ0) is 13.8. The molecule has 2 amide bonds. The van der Waals surface area contributed by atoms with E-state index in [1.54, 1.807) is 0 Å². The number of hydrogen-bond acceptors (Lipinski definition) is 5. The van der Waals surface area contributed by atoms with Crippen LogP contribution in [0.15, 0.2) is 23.3 Å². The predicted molar refractivity (Wildman–Crippen MR) is 66.7 cm³/mol.